The molecular formula is C11H13IN2O3. The second-order valence-electron chi connectivity index (χ2n) is 3.48. The first kappa shape index (κ1) is 13.8. The zero-order chi connectivity index (χ0) is 12.8. The lowest BCUT2D eigenvalue weighted by atomic mass is 10.2. The monoisotopic (exact) mass is 348 g/mol. The number of carboxylic acids is 1. The number of hydrogen-bond donors (Lipinski definition) is 3. The number of hydrogen-bond acceptors (Lipinski definition) is 3. The van der Waals surface area contributed by atoms with Crippen LogP contribution in [-0.2, 0) is 9.59 Å². The molecule has 0 aliphatic rings. The molecule has 1 aromatic carbocycles. The average Bonchev–Trinajstić information content (AvgIpc) is 2.25. The summed E-state index contributed by atoms with van der Waals surface area (Å²) in [4.78, 5) is 21.7. The van der Waals surface area contributed by atoms with Crippen molar-refractivity contribution in [1.82, 2.24) is 5.32 Å². The van der Waals surface area contributed by atoms with Gasteiger partial charge in [0.2, 0.25) is 5.91 Å². The Morgan fingerprint density at radius 3 is 2.41 bits per heavy atom. The van der Waals surface area contributed by atoms with Crippen molar-refractivity contribution in [1.29, 1.82) is 0 Å². The topological polar surface area (TPSA) is 78.4 Å². The zero-order valence-corrected chi connectivity index (χ0v) is 11.4. The van der Waals surface area contributed by atoms with Gasteiger partial charge in [-0.25, -0.2) is 4.79 Å². The Hall–Kier alpha value is -1.31. The number of carbonyl (C=O) groups is 2. The molecule has 0 bridgehead atoms. The maximum Gasteiger partial charge on any atom is 0.328 e. The lowest BCUT2D eigenvalue weighted by Crippen LogP contribution is -2.44. The molecule has 0 radical (unpaired) electrons. The van der Waals surface area contributed by atoms with Gasteiger partial charge in [-0.15, -0.1) is 0 Å². The van der Waals surface area contributed by atoms with Crippen LogP contribution in [0, 0.1) is 3.57 Å². The average molecular weight is 348 g/mol. The predicted octanol–water partition coefficient (Wildman–Crippen LogP) is 1.29. The third kappa shape index (κ3) is 5.03. The number of benzene rings is 1. The minimum absolute atomic E-state index is 0.148. The van der Waals surface area contributed by atoms with E-state index in [0.29, 0.717) is 0 Å². The molecule has 0 spiro atoms. The van der Waals surface area contributed by atoms with E-state index in [0.717, 1.165) is 9.26 Å². The number of aliphatic carboxylic acids is 1. The molecule has 0 fully saturated rings. The summed E-state index contributed by atoms with van der Waals surface area (Å²) in [6.07, 6.45) is 0. The Morgan fingerprint density at radius 2 is 1.94 bits per heavy atom. The molecule has 17 heavy (non-hydrogen) atoms. The highest BCUT2D eigenvalue weighted by atomic mass is 127. The van der Waals surface area contributed by atoms with Gasteiger partial charge >= 0.3 is 5.97 Å². The summed E-state index contributed by atoms with van der Waals surface area (Å²) >= 11 is 2.19. The molecule has 0 aliphatic heterocycles. The first-order chi connectivity index (χ1) is 7.99. The van der Waals surface area contributed by atoms with Gasteiger partial charge in [-0.3, -0.25) is 4.79 Å². The Labute approximate surface area is 113 Å². The predicted molar refractivity (Wildman–Crippen MR) is 72.9 cm³/mol. The summed E-state index contributed by atoms with van der Waals surface area (Å²) in [6.45, 7) is 1.44. The van der Waals surface area contributed by atoms with Crippen molar-refractivity contribution >= 4 is 40.2 Å². The molecule has 3 N–H and O–H groups in total. The number of carbonyl (C=O) groups excluding carboxylic acids is 1. The maximum atomic E-state index is 10.9. The minimum atomic E-state index is -1.06. The van der Waals surface area contributed by atoms with Crippen LogP contribution in [0.2, 0.25) is 0 Å². The van der Waals surface area contributed by atoms with Crippen molar-refractivity contribution < 1.29 is 14.7 Å². The van der Waals surface area contributed by atoms with Crippen LogP contribution in [0.3, 0.4) is 0 Å². The fourth-order valence-corrected chi connectivity index (χ4v) is 1.59. The lowest BCUT2D eigenvalue weighted by Gasteiger charge is -2.14. The van der Waals surface area contributed by atoms with Gasteiger partial charge in [0.05, 0.1) is 0 Å². The molecule has 1 unspecified atom stereocenters. The van der Waals surface area contributed by atoms with Gasteiger partial charge in [-0.05, 0) is 46.9 Å². The summed E-state index contributed by atoms with van der Waals surface area (Å²) in [7, 11) is 0. The summed E-state index contributed by atoms with van der Waals surface area (Å²) in [5, 5.41) is 14.2. The van der Waals surface area contributed by atoms with Crippen molar-refractivity contribution in [2.75, 3.05) is 11.9 Å². The van der Waals surface area contributed by atoms with E-state index in [1.807, 2.05) is 24.3 Å². The largest absolute Gasteiger partial charge is 0.480 e. The number of amides is 1. The summed E-state index contributed by atoms with van der Waals surface area (Å²) in [5.74, 6) is -1.42. The van der Waals surface area contributed by atoms with Crippen LogP contribution in [0.4, 0.5) is 5.69 Å². The quantitative estimate of drug-likeness (QED) is 0.701. The number of halogens is 1. The second-order valence-corrected chi connectivity index (χ2v) is 4.72. The van der Waals surface area contributed by atoms with Crippen LogP contribution in [0.5, 0.6) is 0 Å². The second kappa shape index (κ2) is 6.43. The Balaban J connectivity index is 2.54. The van der Waals surface area contributed by atoms with Crippen LogP contribution < -0.4 is 10.6 Å². The smallest absolute Gasteiger partial charge is 0.328 e. The number of anilines is 1. The van der Waals surface area contributed by atoms with E-state index in [1.165, 1.54) is 6.92 Å². The normalized spacial score (nSPS) is 11.6. The van der Waals surface area contributed by atoms with E-state index in [2.05, 4.69) is 33.2 Å². The molecule has 0 aromatic heterocycles. The molecule has 5 nitrogen and oxygen atoms in total. The van der Waals surface area contributed by atoms with E-state index >= 15 is 0 Å². The van der Waals surface area contributed by atoms with E-state index in [-0.39, 0.29) is 12.5 Å². The van der Waals surface area contributed by atoms with Gasteiger partial charge in [-0.1, -0.05) is 0 Å². The van der Waals surface area contributed by atoms with Crippen molar-refractivity contribution in [3.8, 4) is 0 Å². The number of carboxylic acid groups (broad SMARTS) is 1. The SMILES string of the molecule is CC(=O)NC(CNc1ccc(I)cc1)C(=O)O. The van der Waals surface area contributed by atoms with Crippen molar-refractivity contribution in [3.63, 3.8) is 0 Å². The van der Waals surface area contributed by atoms with Crippen LogP contribution in [-0.4, -0.2) is 29.6 Å². The standard InChI is InChI=1S/C11H13IN2O3/c1-7(15)14-10(11(16)17)6-13-9-4-2-8(12)3-5-9/h2-5,10,13H,6H2,1H3,(H,14,15)(H,16,17). The zero-order valence-electron chi connectivity index (χ0n) is 9.24. The molecule has 1 amide bonds. The molecule has 1 rings (SSSR count). The lowest BCUT2D eigenvalue weighted by molar-refractivity contribution is -0.141. The summed E-state index contributed by atoms with van der Waals surface area (Å²) in [6, 6.07) is 6.61. The Bertz CT molecular complexity index is 406. The third-order valence-corrected chi connectivity index (χ3v) is 2.75. The maximum absolute atomic E-state index is 10.9. The van der Waals surface area contributed by atoms with Gasteiger partial charge in [0.1, 0.15) is 6.04 Å². The van der Waals surface area contributed by atoms with Gasteiger partial charge in [-0.2, -0.15) is 0 Å². The highest BCUT2D eigenvalue weighted by Gasteiger charge is 2.17. The molecule has 1 atom stereocenters. The number of rotatable bonds is 5. The fraction of sp³-hybridized carbons (Fsp3) is 0.273. The summed E-state index contributed by atoms with van der Waals surface area (Å²) in [5.41, 5.74) is 0.821. The van der Waals surface area contributed by atoms with Crippen LogP contribution >= 0.6 is 22.6 Å². The van der Waals surface area contributed by atoms with Gasteiger partial charge in [0.25, 0.3) is 0 Å². The highest BCUT2D eigenvalue weighted by Crippen LogP contribution is 2.10. The van der Waals surface area contributed by atoms with Crippen LogP contribution in [0.25, 0.3) is 0 Å². The van der Waals surface area contributed by atoms with Crippen molar-refractivity contribution in [2.24, 2.45) is 0 Å². The third-order valence-electron chi connectivity index (χ3n) is 2.03. The van der Waals surface area contributed by atoms with Crippen molar-refractivity contribution in [3.05, 3.63) is 27.8 Å². The molecule has 0 saturated carbocycles. The van der Waals surface area contributed by atoms with Gasteiger partial charge in [0.15, 0.2) is 0 Å². The summed E-state index contributed by atoms with van der Waals surface area (Å²) < 4.78 is 1.10. The number of nitrogens with one attached hydrogen (secondary N) is 2. The Kier molecular flexibility index (Phi) is 5.20. The van der Waals surface area contributed by atoms with Gasteiger partial charge in [0, 0.05) is 22.7 Å². The Morgan fingerprint density at radius 1 is 1.35 bits per heavy atom. The van der Waals surface area contributed by atoms with E-state index in [9.17, 15) is 9.59 Å². The molecular weight excluding hydrogens is 335 g/mol. The molecule has 1 aromatic rings. The first-order valence-electron chi connectivity index (χ1n) is 4.98. The molecule has 0 saturated heterocycles. The first-order valence-corrected chi connectivity index (χ1v) is 6.06. The minimum Gasteiger partial charge on any atom is -0.480 e. The van der Waals surface area contributed by atoms with E-state index in [4.69, 9.17) is 5.11 Å². The highest BCUT2D eigenvalue weighted by molar-refractivity contribution is 14.1. The van der Waals surface area contributed by atoms with Crippen molar-refractivity contribution in [2.45, 2.75) is 13.0 Å². The molecule has 6 heteroatoms. The van der Waals surface area contributed by atoms with Gasteiger partial charge < -0.3 is 15.7 Å². The van der Waals surface area contributed by atoms with E-state index in [1.54, 1.807) is 0 Å². The van der Waals surface area contributed by atoms with Crippen LogP contribution in [0.15, 0.2) is 24.3 Å². The van der Waals surface area contributed by atoms with Crippen LogP contribution in [0.1, 0.15) is 6.92 Å². The molecule has 0 aliphatic carbocycles. The molecule has 92 valence electrons. The van der Waals surface area contributed by atoms with E-state index < -0.39 is 12.0 Å². The fourth-order valence-electron chi connectivity index (χ4n) is 1.23. The molecule has 0 heterocycles.